The highest BCUT2D eigenvalue weighted by Crippen LogP contribution is 2.43. The van der Waals surface area contributed by atoms with Gasteiger partial charge < -0.3 is 0 Å². The number of hydrogen-bond donors (Lipinski definition) is 0. The van der Waals surface area contributed by atoms with E-state index in [9.17, 15) is 0 Å². The second kappa shape index (κ2) is 23.8. The predicted molar refractivity (Wildman–Crippen MR) is 151 cm³/mol. The molecule has 0 aromatic heterocycles. The van der Waals surface area contributed by atoms with Gasteiger partial charge in [0.25, 0.3) is 0 Å². The first-order valence-corrected chi connectivity index (χ1v) is 14.0. The molecule has 0 aromatic carbocycles. The van der Waals surface area contributed by atoms with Crippen LogP contribution in [0.25, 0.3) is 0 Å². The van der Waals surface area contributed by atoms with Gasteiger partial charge in [-0.05, 0) is 36.8 Å². The summed E-state index contributed by atoms with van der Waals surface area (Å²) in [6, 6.07) is 0. The zero-order valence-electron chi connectivity index (χ0n) is 20.9. The molecule has 0 rings (SSSR count). The minimum Gasteiger partial charge on any atom is -0.131 e. The van der Waals surface area contributed by atoms with Crippen LogP contribution < -0.4 is 0 Å². The van der Waals surface area contributed by atoms with E-state index in [4.69, 9.17) is 0 Å². The molecule has 0 amide bonds. The fourth-order valence-corrected chi connectivity index (χ4v) is 5.55. The molecule has 0 aliphatic carbocycles. The normalized spacial score (nSPS) is 12.7. The Morgan fingerprint density at radius 1 is 0.483 bits per heavy atom. The van der Waals surface area contributed by atoms with Crippen LogP contribution in [0.2, 0.25) is 0 Å². The summed E-state index contributed by atoms with van der Waals surface area (Å²) >= 11 is 0. The molecule has 0 nitrogen and oxygen atoms in total. The lowest BCUT2D eigenvalue weighted by atomic mass is 9.77. The second-order valence-electron chi connectivity index (χ2n) is 9.60. The molecule has 0 N–H and O–H groups in total. The Hall–Kier alpha value is 1.16. The van der Waals surface area contributed by atoms with Crippen LogP contribution in [0.4, 0.5) is 0 Å². The topological polar surface area (TPSA) is 0 Å². The lowest BCUT2D eigenvalue weighted by molar-refractivity contribution is 0.271. The van der Waals surface area contributed by atoms with Gasteiger partial charge in [0.1, 0.15) is 0 Å². The summed E-state index contributed by atoms with van der Waals surface area (Å²) in [5.41, 5.74) is 0. The molecule has 0 aromatic rings. The smallest absolute Gasteiger partial charge is 0.0122 e. The van der Waals surface area contributed by atoms with Crippen molar-refractivity contribution in [3.8, 4) is 0 Å². The van der Waals surface area contributed by atoms with Gasteiger partial charge in [0.2, 0.25) is 0 Å². The lowest BCUT2D eigenvalue weighted by Gasteiger charge is -2.39. The molecule has 0 bridgehead atoms. The summed E-state index contributed by atoms with van der Waals surface area (Å²) in [5.74, 6) is 0.941. The van der Waals surface area contributed by atoms with Crippen LogP contribution in [0.15, 0.2) is 0 Å². The Morgan fingerprint density at radius 3 is 1.24 bits per heavy atom. The molecule has 0 spiro atoms. The number of rotatable bonds is 22. The van der Waals surface area contributed by atoms with Crippen molar-refractivity contribution in [2.24, 2.45) is 5.92 Å². The van der Waals surface area contributed by atoms with Crippen LogP contribution in [-0.2, 0) is 0 Å². The average molecular weight is 541 g/mol. The standard InChI is InChI=1S/C27H57P.HI/c1-5-9-13-16-19-23-26(22-12-8-4)27(28,24-20-17-14-10-6-2)25-21-18-15-11-7-3;/h26H,5-25,28H2,1-4H3;1H. The predicted octanol–water partition coefficient (Wildman–Crippen LogP) is 11.1. The van der Waals surface area contributed by atoms with Crippen molar-refractivity contribution >= 4 is 33.2 Å². The van der Waals surface area contributed by atoms with E-state index in [0.29, 0.717) is 5.16 Å². The quantitative estimate of drug-likeness (QED) is 0.0728. The first kappa shape index (κ1) is 32.3. The molecule has 0 fully saturated rings. The molecule has 0 saturated carbocycles. The van der Waals surface area contributed by atoms with E-state index >= 15 is 0 Å². The van der Waals surface area contributed by atoms with Crippen LogP contribution in [0.1, 0.15) is 163 Å². The maximum absolute atomic E-state index is 3.45. The molecule has 2 atom stereocenters. The summed E-state index contributed by atoms with van der Waals surface area (Å²) < 4.78 is 0. The maximum Gasteiger partial charge on any atom is -0.0122 e. The highest BCUT2D eigenvalue weighted by Gasteiger charge is 2.32. The van der Waals surface area contributed by atoms with E-state index in [1.54, 1.807) is 0 Å². The van der Waals surface area contributed by atoms with E-state index in [0.717, 1.165) is 5.92 Å². The first-order chi connectivity index (χ1) is 13.6. The lowest BCUT2D eigenvalue weighted by Crippen LogP contribution is -2.32. The van der Waals surface area contributed by atoms with Crippen molar-refractivity contribution in [1.82, 2.24) is 0 Å². The van der Waals surface area contributed by atoms with Crippen LogP contribution in [0.5, 0.6) is 0 Å². The van der Waals surface area contributed by atoms with Gasteiger partial charge in [-0.25, -0.2) is 0 Å². The molecule has 178 valence electrons. The van der Waals surface area contributed by atoms with Gasteiger partial charge in [-0.1, -0.05) is 137 Å². The molecule has 0 saturated heterocycles. The fourth-order valence-electron chi connectivity index (χ4n) is 4.81. The van der Waals surface area contributed by atoms with Crippen molar-refractivity contribution in [1.29, 1.82) is 0 Å². The summed E-state index contributed by atoms with van der Waals surface area (Å²) in [7, 11) is 3.45. The van der Waals surface area contributed by atoms with Gasteiger partial charge in [-0.2, -0.15) is 0 Å². The van der Waals surface area contributed by atoms with Gasteiger partial charge in [-0.3, -0.25) is 0 Å². The number of unbranched alkanes of at least 4 members (excludes halogenated alkanes) is 13. The highest BCUT2D eigenvalue weighted by atomic mass is 127. The van der Waals surface area contributed by atoms with Gasteiger partial charge in [-0.15, -0.1) is 33.2 Å². The third-order valence-electron chi connectivity index (χ3n) is 6.87. The van der Waals surface area contributed by atoms with Crippen LogP contribution in [-0.4, -0.2) is 5.16 Å². The Morgan fingerprint density at radius 2 is 0.828 bits per heavy atom. The van der Waals surface area contributed by atoms with E-state index in [-0.39, 0.29) is 24.0 Å². The van der Waals surface area contributed by atoms with Gasteiger partial charge >= 0.3 is 0 Å². The Balaban J connectivity index is 0. The average Bonchev–Trinajstić information content (AvgIpc) is 2.69. The Kier molecular flexibility index (Phi) is 26.6. The maximum atomic E-state index is 3.45. The minimum atomic E-state index is 0. The van der Waals surface area contributed by atoms with Crippen molar-refractivity contribution in [3.05, 3.63) is 0 Å². The second-order valence-corrected chi connectivity index (χ2v) is 10.8. The van der Waals surface area contributed by atoms with E-state index in [2.05, 4.69) is 36.9 Å². The third kappa shape index (κ3) is 18.4. The SMILES string of the molecule is CCCCCCCC(CCCC)C(P)(CCCCCCC)CCCCCCC.I. The Bertz CT molecular complexity index is 291. The highest BCUT2D eigenvalue weighted by molar-refractivity contribution is 14.0. The van der Waals surface area contributed by atoms with E-state index in [1.165, 1.54) is 135 Å². The first-order valence-electron chi connectivity index (χ1n) is 13.4. The van der Waals surface area contributed by atoms with E-state index in [1.807, 2.05) is 0 Å². The number of halogens is 1. The monoisotopic (exact) mass is 540 g/mol. The van der Waals surface area contributed by atoms with Gasteiger partial charge in [0.05, 0.1) is 0 Å². The largest absolute Gasteiger partial charge is 0.131 e. The summed E-state index contributed by atoms with van der Waals surface area (Å²) in [6.07, 6.45) is 30.1. The van der Waals surface area contributed by atoms with Crippen molar-refractivity contribution in [2.75, 3.05) is 0 Å². The summed E-state index contributed by atoms with van der Waals surface area (Å²) in [5, 5.41) is 0.526. The van der Waals surface area contributed by atoms with Crippen LogP contribution in [0, 0.1) is 5.92 Å². The molecule has 2 heteroatoms. The fraction of sp³-hybridized carbons (Fsp3) is 1.00. The molecule has 29 heavy (non-hydrogen) atoms. The molecule has 0 heterocycles. The van der Waals surface area contributed by atoms with Crippen LogP contribution in [0.3, 0.4) is 0 Å². The van der Waals surface area contributed by atoms with Crippen LogP contribution >= 0.6 is 33.2 Å². The molecule has 0 aliphatic heterocycles. The molecule has 2 unspecified atom stereocenters. The zero-order chi connectivity index (χ0) is 20.9. The number of hydrogen-bond acceptors (Lipinski definition) is 0. The summed E-state index contributed by atoms with van der Waals surface area (Å²) in [6.45, 7) is 9.36. The third-order valence-corrected chi connectivity index (χ3v) is 7.92. The van der Waals surface area contributed by atoms with Gasteiger partial charge in [0.15, 0.2) is 0 Å². The van der Waals surface area contributed by atoms with E-state index < -0.39 is 0 Å². The van der Waals surface area contributed by atoms with Crippen molar-refractivity contribution in [2.45, 2.75) is 168 Å². The Labute approximate surface area is 206 Å². The summed E-state index contributed by atoms with van der Waals surface area (Å²) in [4.78, 5) is 0. The molecule has 0 aliphatic rings. The molecular weight excluding hydrogens is 482 g/mol. The minimum absolute atomic E-state index is 0. The van der Waals surface area contributed by atoms with Crippen molar-refractivity contribution < 1.29 is 0 Å². The van der Waals surface area contributed by atoms with Crippen molar-refractivity contribution in [3.63, 3.8) is 0 Å². The van der Waals surface area contributed by atoms with Gasteiger partial charge in [0, 0.05) is 0 Å². The molecule has 0 radical (unpaired) electrons. The zero-order valence-corrected chi connectivity index (χ0v) is 24.4. The molecular formula is C27H58IP.